The average molecular weight is 349 g/mol. The van der Waals surface area contributed by atoms with Crippen LogP contribution in [0.3, 0.4) is 0 Å². The van der Waals surface area contributed by atoms with Gasteiger partial charge in [0, 0.05) is 19.6 Å². The molecule has 0 aliphatic heterocycles. The summed E-state index contributed by atoms with van der Waals surface area (Å²) < 4.78 is 28.0. The van der Waals surface area contributed by atoms with Crippen LogP contribution in [0.2, 0.25) is 0 Å². The van der Waals surface area contributed by atoms with Crippen molar-refractivity contribution < 1.29 is 47.5 Å². The first kappa shape index (κ1) is 23.7. The van der Waals surface area contributed by atoms with Gasteiger partial charge >= 0.3 is 72.1 Å². The van der Waals surface area contributed by atoms with Crippen LogP contribution in [0.1, 0.15) is 27.7 Å². The van der Waals surface area contributed by atoms with Gasteiger partial charge in [-0.25, -0.2) is 0 Å². The number of hydrogen-bond donors (Lipinski definition) is 5. The molecule has 0 saturated heterocycles. The molecule has 0 unspecified atom stereocenters. The predicted molar refractivity (Wildman–Crippen MR) is 74.6 cm³/mol. The molecular formula is C12H31NO7Ti. The number of hydrogen-bond acceptors (Lipinski definition) is 8. The van der Waals surface area contributed by atoms with E-state index in [2.05, 4.69) is 0 Å². The molecule has 0 radical (unpaired) electrons. The molecule has 0 saturated carbocycles. The summed E-state index contributed by atoms with van der Waals surface area (Å²) in [6.45, 7) is 8.68. The van der Waals surface area contributed by atoms with Crippen molar-refractivity contribution in [1.29, 1.82) is 0 Å². The van der Waals surface area contributed by atoms with Gasteiger partial charge in [-0.2, -0.15) is 0 Å². The largest absolute Gasteiger partial charge is 0.395 e. The molecule has 0 fully saturated rings. The minimum absolute atomic E-state index is 0.0694. The minimum Gasteiger partial charge on any atom is -0.395 e. The van der Waals surface area contributed by atoms with Crippen molar-refractivity contribution in [2.24, 2.45) is 0 Å². The maximum Gasteiger partial charge on any atom is 0.0558 e. The maximum absolute atomic E-state index is 9.15. The number of aliphatic hydroxyl groups is 3. The average Bonchev–Trinajstić information content (AvgIpc) is 2.27. The van der Waals surface area contributed by atoms with Gasteiger partial charge in [-0.15, -0.1) is 0 Å². The summed E-state index contributed by atoms with van der Waals surface area (Å²) >= 11 is -4.31. The summed E-state index contributed by atoms with van der Waals surface area (Å²) in [6.07, 6.45) is -0.410. The third kappa shape index (κ3) is 18.3. The van der Waals surface area contributed by atoms with E-state index in [1.807, 2.05) is 0 Å². The summed E-state index contributed by atoms with van der Waals surface area (Å²) in [5.41, 5.74) is 0. The van der Waals surface area contributed by atoms with E-state index in [0.717, 1.165) is 0 Å². The van der Waals surface area contributed by atoms with Crippen molar-refractivity contribution in [1.82, 2.24) is 4.90 Å². The van der Waals surface area contributed by atoms with Crippen molar-refractivity contribution >= 4 is 0 Å². The molecule has 5 N–H and O–H groups in total. The van der Waals surface area contributed by atoms with Crippen LogP contribution in [-0.4, -0.2) is 79.3 Å². The van der Waals surface area contributed by atoms with E-state index < -0.39 is 18.1 Å². The summed E-state index contributed by atoms with van der Waals surface area (Å²) in [7, 11) is 0. The van der Waals surface area contributed by atoms with Gasteiger partial charge in [0.15, 0.2) is 0 Å². The van der Waals surface area contributed by atoms with Gasteiger partial charge in [-0.3, -0.25) is 4.90 Å². The van der Waals surface area contributed by atoms with Gasteiger partial charge in [-0.1, -0.05) is 0 Å². The van der Waals surface area contributed by atoms with Crippen molar-refractivity contribution in [2.75, 3.05) is 39.5 Å². The molecule has 0 amide bonds. The fraction of sp³-hybridized carbons (Fsp3) is 1.00. The smallest absolute Gasteiger partial charge is 0.0558 e. The Hall–Kier alpha value is 0.394. The predicted octanol–water partition coefficient (Wildman–Crippen LogP) is -1.10. The van der Waals surface area contributed by atoms with Crippen LogP contribution >= 0.6 is 0 Å². The Balaban J connectivity index is 0. The van der Waals surface area contributed by atoms with Crippen LogP contribution < -0.4 is 0 Å². The van der Waals surface area contributed by atoms with Crippen LogP contribution in [0.5, 0.6) is 0 Å². The molecule has 0 aromatic rings. The third-order valence-electron chi connectivity index (χ3n) is 2.03. The summed E-state index contributed by atoms with van der Waals surface area (Å²) in [4.78, 5) is 1.79. The zero-order chi connectivity index (χ0) is 16.9. The molecule has 0 rings (SSSR count). The second kappa shape index (κ2) is 14.0. The standard InChI is InChI=1S/C6H15NO3.2C3H7O.2H2O.Ti/c8-4-1-7(2-5-9)3-6-10;2*1-3(2)4;;;/h8-10H,1-6H2;2*3H,1-2H3;2*1H2;/q;2*-1;;;+4/p-2. The van der Waals surface area contributed by atoms with Crippen LogP contribution in [0.4, 0.5) is 0 Å². The molecule has 0 aliphatic rings. The van der Waals surface area contributed by atoms with Crippen LogP contribution in [0.15, 0.2) is 0 Å². The summed E-state index contributed by atoms with van der Waals surface area (Å²) in [5, 5.41) is 25.5. The fourth-order valence-corrected chi connectivity index (χ4v) is 3.41. The van der Waals surface area contributed by atoms with Gasteiger partial charge in [0.2, 0.25) is 0 Å². The van der Waals surface area contributed by atoms with Crippen molar-refractivity contribution in [3.63, 3.8) is 0 Å². The Morgan fingerprint density at radius 2 is 1.05 bits per heavy atom. The molecule has 9 heteroatoms. The SMILES string of the molecule is CC(C)[O][Ti]([OH])([OH])[O]C(C)C.OCCN(CCO)CCO. The Kier molecular flexibility index (Phi) is 15.8. The van der Waals surface area contributed by atoms with Crippen molar-refractivity contribution in [3.8, 4) is 0 Å². The maximum atomic E-state index is 9.15. The monoisotopic (exact) mass is 349 g/mol. The van der Waals surface area contributed by atoms with Gasteiger partial charge in [0.25, 0.3) is 0 Å². The van der Waals surface area contributed by atoms with E-state index in [1.165, 1.54) is 0 Å². The molecule has 0 heterocycles. The minimum atomic E-state index is -4.31. The topological polar surface area (TPSA) is 123 Å². The quantitative estimate of drug-likeness (QED) is 0.315. The molecule has 0 bridgehead atoms. The first-order valence-electron chi connectivity index (χ1n) is 7.03. The van der Waals surface area contributed by atoms with Crippen LogP contribution in [-0.2, 0) is 24.8 Å². The van der Waals surface area contributed by atoms with E-state index in [9.17, 15) is 0 Å². The first-order valence-corrected chi connectivity index (χ1v) is 9.71. The number of nitrogens with zero attached hydrogens (tertiary/aromatic N) is 1. The third-order valence-corrected chi connectivity index (χ3v) is 4.46. The van der Waals surface area contributed by atoms with Crippen LogP contribution in [0, 0.1) is 0 Å². The Morgan fingerprint density at radius 3 is 1.24 bits per heavy atom. The molecule has 0 spiro atoms. The molecule has 8 nitrogen and oxygen atoms in total. The molecule has 0 aliphatic carbocycles. The molecule has 0 aromatic heterocycles. The van der Waals surface area contributed by atoms with E-state index in [1.54, 1.807) is 32.6 Å². The van der Waals surface area contributed by atoms with E-state index in [0.29, 0.717) is 19.6 Å². The van der Waals surface area contributed by atoms with Crippen molar-refractivity contribution in [2.45, 2.75) is 39.9 Å². The summed E-state index contributed by atoms with van der Waals surface area (Å²) in [6, 6.07) is 0. The molecule has 0 aromatic carbocycles. The van der Waals surface area contributed by atoms with Crippen molar-refractivity contribution in [3.05, 3.63) is 0 Å². The number of rotatable bonds is 10. The fourth-order valence-electron chi connectivity index (χ4n) is 1.40. The molecule has 0 atom stereocenters. The van der Waals surface area contributed by atoms with Gasteiger partial charge < -0.3 is 15.3 Å². The normalized spacial score (nSPS) is 12.0. The van der Waals surface area contributed by atoms with Gasteiger partial charge in [0.1, 0.15) is 0 Å². The first-order chi connectivity index (χ1) is 9.68. The second-order valence-corrected chi connectivity index (χ2v) is 7.34. The van der Waals surface area contributed by atoms with Gasteiger partial charge in [-0.05, 0) is 0 Å². The zero-order valence-corrected chi connectivity index (χ0v) is 15.0. The number of aliphatic hydroxyl groups excluding tert-OH is 3. The Morgan fingerprint density at radius 1 is 0.762 bits per heavy atom. The van der Waals surface area contributed by atoms with E-state index >= 15 is 0 Å². The second-order valence-electron chi connectivity index (χ2n) is 4.89. The van der Waals surface area contributed by atoms with Crippen LogP contribution in [0.25, 0.3) is 0 Å². The Bertz CT molecular complexity index is 203. The molecule has 130 valence electrons. The van der Waals surface area contributed by atoms with Gasteiger partial charge in [0.05, 0.1) is 19.8 Å². The van der Waals surface area contributed by atoms with E-state index in [4.69, 9.17) is 29.3 Å². The summed E-state index contributed by atoms with van der Waals surface area (Å²) in [5.74, 6) is 0. The Labute approximate surface area is 132 Å². The molecule has 21 heavy (non-hydrogen) atoms. The zero-order valence-electron chi connectivity index (χ0n) is 13.4. The van der Waals surface area contributed by atoms with E-state index in [-0.39, 0.29) is 32.0 Å². The molecular weight excluding hydrogens is 318 g/mol.